The molecule has 0 aromatic heterocycles. The van der Waals surface area contributed by atoms with Gasteiger partial charge in [-0.05, 0) is 41.0 Å². The van der Waals surface area contributed by atoms with E-state index in [1.165, 1.54) is 5.56 Å². The number of carbonyl (C=O) groups is 1. The lowest BCUT2D eigenvalue weighted by molar-refractivity contribution is -0.129. The van der Waals surface area contributed by atoms with E-state index in [0.717, 1.165) is 33.5 Å². The summed E-state index contributed by atoms with van der Waals surface area (Å²) in [4.78, 5) is 17.3. The second kappa shape index (κ2) is 8.84. The molecular weight excluding hydrogens is 430 g/mol. The summed E-state index contributed by atoms with van der Waals surface area (Å²) in [6.45, 7) is 2.59. The number of aryl methyl sites for hydroxylation is 1. The van der Waals surface area contributed by atoms with Gasteiger partial charge in [-0.3, -0.25) is 9.69 Å². The van der Waals surface area contributed by atoms with Crippen LogP contribution in [-0.2, 0) is 11.2 Å². The number of nitriles is 1. The maximum Gasteiger partial charge on any atom is 0.229 e. The highest BCUT2D eigenvalue weighted by molar-refractivity contribution is 8.03. The molecule has 1 amide bonds. The second-order valence-electron chi connectivity index (χ2n) is 8.29. The van der Waals surface area contributed by atoms with E-state index < -0.39 is 0 Å². The number of thioether (sulfide) groups is 1. The van der Waals surface area contributed by atoms with E-state index >= 15 is 0 Å². The first-order valence-corrected chi connectivity index (χ1v) is 12.1. The van der Waals surface area contributed by atoms with E-state index in [-0.39, 0.29) is 18.2 Å². The molecule has 5 rings (SSSR count). The molecule has 6 heteroatoms. The molecule has 0 spiro atoms. The van der Waals surface area contributed by atoms with Crippen molar-refractivity contribution in [1.29, 1.82) is 5.26 Å². The van der Waals surface area contributed by atoms with Gasteiger partial charge in [0.05, 0.1) is 36.3 Å². The van der Waals surface area contributed by atoms with Crippen molar-refractivity contribution in [3.8, 4) is 11.8 Å². The molecule has 1 fully saturated rings. The van der Waals surface area contributed by atoms with Crippen LogP contribution in [0, 0.1) is 11.3 Å². The van der Waals surface area contributed by atoms with Gasteiger partial charge in [-0.2, -0.15) is 5.26 Å². The first kappa shape index (κ1) is 21.4. The molecule has 3 aromatic carbocycles. The number of carbonyl (C=O) groups excluding carboxylic acids is 1. The average Bonchev–Trinajstić information content (AvgIpc) is 2.87. The molecule has 2 aliphatic rings. The minimum atomic E-state index is -0.322. The van der Waals surface area contributed by atoms with Crippen molar-refractivity contribution < 1.29 is 9.53 Å². The normalized spacial score (nSPS) is 18.3. The third kappa shape index (κ3) is 3.73. The Morgan fingerprint density at radius 3 is 2.64 bits per heavy atom. The van der Waals surface area contributed by atoms with Crippen molar-refractivity contribution >= 4 is 34.1 Å². The zero-order valence-corrected chi connectivity index (χ0v) is 19.6. The summed E-state index contributed by atoms with van der Waals surface area (Å²) in [7, 11) is 1.64. The molecule has 0 bridgehead atoms. The molecule has 1 unspecified atom stereocenters. The Labute approximate surface area is 198 Å². The van der Waals surface area contributed by atoms with Crippen LogP contribution in [0.5, 0.6) is 5.75 Å². The maximum absolute atomic E-state index is 13.4. The number of anilines is 1. The summed E-state index contributed by atoms with van der Waals surface area (Å²) in [6, 6.07) is 23.0. The molecule has 2 aliphatic heterocycles. The quantitative estimate of drug-likeness (QED) is 0.510. The van der Waals surface area contributed by atoms with E-state index in [2.05, 4.69) is 42.2 Å². The van der Waals surface area contributed by atoms with Crippen LogP contribution in [0.15, 0.2) is 71.3 Å². The number of ether oxygens (including phenoxy) is 1. The lowest BCUT2D eigenvalue weighted by Gasteiger charge is -2.42. The molecule has 1 saturated heterocycles. The van der Waals surface area contributed by atoms with E-state index in [1.807, 2.05) is 36.4 Å². The van der Waals surface area contributed by atoms with Gasteiger partial charge in [0, 0.05) is 23.6 Å². The Morgan fingerprint density at radius 1 is 1.12 bits per heavy atom. The minimum Gasteiger partial charge on any atom is -0.496 e. The first-order valence-electron chi connectivity index (χ1n) is 11.1. The van der Waals surface area contributed by atoms with Gasteiger partial charge < -0.3 is 9.64 Å². The fourth-order valence-corrected chi connectivity index (χ4v) is 5.90. The second-order valence-corrected chi connectivity index (χ2v) is 9.22. The first-order chi connectivity index (χ1) is 16.1. The average molecular weight is 456 g/mol. The highest BCUT2D eigenvalue weighted by Gasteiger charge is 2.39. The van der Waals surface area contributed by atoms with Crippen LogP contribution in [0.25, 0.3) is 10.8 Å². The maximum atomic E-state index is 13.4. The van der Waals surface area contributed by atoms with Gasteiger partial charge in [-0.1, -0.05) is 61.2 Å². The molecule has 0 radical (unpaired) electrons. The largest absolute Gasteiger partial charge is 0.496 e. The van der Waals surface area contributed by atoms with Crippen LogP contribution in [0.2, 0.25) is 0 Å². The number of amides is 1. The van der Waals surface area contributed by atoms with Crippen molar-refractivity contribution in [2.24, 2.45) is 0 Å². The van der Waals surface area contributed by atoms with Gasteiger partial charge in [0.15, 0.2) is 0 Å². The van der Waals surface area contributed by atoms with Gasteiger partial charge in [0.1, 0.15) is 5.75 Å². The molecule has 166 valence electrons. The van der Waals surface area contributed by atoms with Crippen molar-refractivity contribution in [3.63, 3.8) is 0 Å². The van der Waals surface area contributed by atoms with E-state index in [1.54, 1.807) is 23.8 Å². The molecule has 1 atom stereocenters. The van der Waals surface area contributed by atoms with Crippen molar-refractivity contribution in [1.82, 2.24) is 4.90 Å². The highest BCUT2D eigenvalue weighted by Crippen LogP contribution is 2.47. The number of nitrogens with zero attached hydrogens (tertiary/aromatic N) is 3. The van der Waals surface area contributed by atoms with Gasteiger partial charge >= 0.3 is 0 Å². The van der Waals surface area contributed by atoms with E-state index in [9.17, 15) is 10.1 Å². The van der Waals surface area contributed by atoms with Crippen LogP contribution >= 0.6 is 11.8 Å². The molecular formula is C27H25N3O2S. The van der Waals surface area contributed by atoms with Gasteiger partial charge in [-0.15, -0.1) is 0 Å². The van der Waals surface area contributed by atoms with Gasteiger partial charge in [0.2, 0.25) is 5.91 Å². The summed E-state index contributed by atoms with van der Waals surface area (Å²) in [5.74, 6) is 1.12. The number of rotatable bonds is 4. The summed E-state index contributed by atoms with van der Waals surface area (Å²) in [5.41, 5.74) is 3.95. The summed E-state index contributed by atoms with van der Waals surface area (Å²) in [5, 5.41) is 13.1. The van der Waals surface area contributed by atoms with Crippen molar-refractivity contribution in [2.45, 2.75) is 25.7 Å². The zero-order valence-electron chi connectivity index (χ0n) is 18.7. The smallest absolute Gasteiger partial charge is 0.229 e. The number of benzene rings is 3. The van der Waals surface area contributed by atoms with Crippen molar-refractivity contribution in [3.05, 3.63) is 82.4 Å². The number of hydrogen-bond acceptors (Lipinski definition) is 5. The zero-order chi connectivity index (χ0) is 22.9. The minimum absolute atomic E-state index is 0.0337. The fraction of sp³-hybridized carbons (Fsp3) is 0.259. The van der Waals surface area contributed by atoms with Crippen LogP contribution in [0.3, 0.4) is 0 Å². The standard InChI is InChI=1S/C27H25N3O2S/c1-3-18-8-11-20(12-9-18)29-16-30-25(31)14-22(23(15-28)27(30)33-17-29)26-21-7-5-4-6-19(21)10-13-24(26)32-2/h4-13,22H,3,14,16-17H2,1-2H3. The molecule has 3 aromatic rings. The molecule has 2 heterocycles. The van der Waals surface area contributed by atoms with Gasteiger partial charge in [-0.25, -0.2) is 0 Å². The summed E-state index contributed by atoms with van der Waals surface area (Å²) >= 11 is 1.56. The lowest BCUT2D eigenvalue weighted by atomic mass is 9.83. The van der Waals surface area contributed by atoms with E-state index in [4.69, 9.17) is 4.74 Å². The summed E-state index contributed by atoms with van der Waals surface area (Å²) < 4.78 is 5.69. The molecule has 0 saturated carbocycles. The Bertz CT molecular complexity index is 1290. The van der Waals surface area contributed by atoms with Crippen LogP contribution < -0.4 is 9.64 Å². The SMILES string of the molecule is CCc1ccc(N2CSC3=C(C#N)C(c4c(OC)ccc5ccccc45)CC(=O)N3C2)cc1. The van der Waals surface area contributed by atoms with Crippen molar-refractivity contribution in [2.75, 3.05) is 24.6 Å². The Hall–Kier alpha value is -3.43. The van der Waals surface area contributed by atoms with Crippen LogP contribution in [0.1, 0.15) is 30.4 Å². The number of methoxy groups -OCH3 is 1. The Morgan fingerprint density at radius 2 is 1.91 bits per heavy atom. The van der Waals surface area contributed by atoms with Crippen LogP contribution in [0.4, 0.5) is 5.69 Å². The Kier molecular flexibility index (Phi) is 5.74. The highest BCUT2D eigenvalue weighted by atomic mass is 32.2. The molecule has 5 nitrogen and oxygen atoms in total. The van der Waals surface area contributed by atoms with E-state index in [0.29, 0.717) is 23.9 Å². The molecule has 0 aliphatic carbocycles. The Balaban J connectivity index is 1.54. The predicted octanol–water partition coefficient (Wildman–Crippen LogP) is 5.63. The molecule has 33 heavy (non-hydrogen) atoms. The lowest BCUT2D eigenvalue weighted by Crippen LogP contribution is -2.47. The van der Waals surface area contributed by atoms with Crippen LogP contribution in [-0.4, -0.2) is 30.5 Å². The molecule has 0 N–H and O–H groups in total. The summed E-state index contributed by atoms with van der Waals surface area (Å²) in [6.07, 6.45) is 1.25. The third-order valence-electron chi connectivity index (χ3n) is 6.50. The van der Waals surface area contributed by atoms with Gasteiger partial charge in [0.25, 0.3) is 0 Å². The third-order valence-corrected chi connectivity index (χ3v) is 7.66. The monoisotopic (exact) mass is 455 g/mol. The number of fused-ring (bicyclic) bond motifs is 2. The fourth-order valence-electron chi connectivity index (χ4n) is 4.73. The number of hydrogen-bond donors (Lipinski definition) is 0. The topological polar surface area (TPSA) is 56.6 Å². The number of allylic oxidation sites excluding steroid dienone is 1. The predicted molar refractivity (Wildman–Crippen MR) is 133 cm³/mol.